The first kappa shape index (κ1) is 25.3. The average molecular weight is 505 g/mol. The highest BCUT2D eigenvalue weighted by Gasteiger charge is 2.25. The molecule has 7 nitrogen and oxygen atoms in total. The molecule has 2 amide bonds. The number of para-hydroxylation sites is 2. The topological polar surface area (TPSA) is 91.7 Å². The van der Waals surface area contributed by atoms with Crippen molar-refractivity contribution < 1.29 is 14.3 Å². The molecule has 0 atom stereocenters. The van der Waals surface area contributed by atoms with Gasteiger partial charge in [0, 0.05) is 48.4 Å². The molecule has 0 saturated carbocycles. The lowest BCUT2D eigenvalue weighted by Gasteiger charge is -2.28. The molecule has 8 heteroatoms. The second-order valence-electron chi connectivity index (χ2n) is 8.35. The van der Waals surface area contributed by atoms with Crippen molar-refractivity contribution in [3.05, 3.63) is 89.6 Å². The molecule has 0 fully saturated rings. The number of nitrogens with one attached hydrogen (secondary N) is 1. The number of amides is 2. The van der Waals surface area contributed by atoms with Gasteiger partial charge in [0.25, 0.3) is 5.91 Å². The van der Waals surface area contributed by atoms with Crippen molar-refractivity contribution in [2.75, 3.05) is 31.6 Å². The van der Waals surface area contributed by atoms with Gasteiger partial charge >= 0.3 is 0 Å². The number of halogens is 1. The summed E-state index contributed by atoms with van der Waals surface area (Å²) in [6.45, 7) is 0.479. The van der Waals surface area contributed by atoms with E-state index in [-0.39, 0.29) is 31.3 Å². The van der Waals surface area contributed by atoms with Gasteiger partial charge in [-0.25, -0.2) is 0 Å². The number of hydrogen-bond acceptors (Lipinski definition) is 4. The van der Waals surface area contributed by atoms with Gasteiger partial charge in [-0.3, -0.25) is 14.5 Å². The maximum Gasteiger partial charge on any atom is 0.251 e. The zero-order valence-electron chi connectivity index (χ0n) is 20.1. The second-order valence-corrected chi connectivity index (χ2v) is 8.75. The predicted octanol–water partition coefficient (Wildman–Crippen LogP) is 4.91. The standard InChI is InChI=1S/C28H29ClN4O3/c1-36-22-11-12-23-20(18-31-25(23)17-22)14-16-32(27(34)13-15-30)19-28(35)33(21-7-3-2-4-8-21)26-10-6-5-9-24(26)29/h2-12,17-18,31H,13-16,19,30H2,1H3. The van der Waals surface area contributed by atoms with Crippen LogP contribution < -0.4 is 15.4 Å². The summed E-state index contributed by atoms with van der Waals surface area (Å²) in [4.78, 5) is 33.0. The van der Waals surface area contributed by atoms with Gasteiger partial charge in [0.15, 0.2) is 0 Å². The number of benzene rings is 3. The maximum atomic E-state index is 13.7. The highest BCUT2D eigenvalue weighted by Crippen LogP contribution is 2.32. The van der Waals surface area contributed by atoms with Crippen molar-refractivity contribution in [1.29, 1.82) is 0 Å². The van der Waals surface area contributed by atoms with Gasteiger partial charge in [0.1, 0.15) is 12.3 Å². The van der Waals surface area contributed by atoms with E-state index in [0.29, 0.717) is 29.4 Å². The molecule has 0 saturated heterocycles. The fourth-order valence-corrected chi connectivity index (χ4v) is 4.41. The number of nitrogens with two attached hydrogens (primary N) is 1. The highest BCUT2D eigenvalue weighted by atomic mass is 35.5. The zero-order valence-corrected chi connectivity index (χ0v) is 20.9. The number of aromatic amines is 1. The van der Waals surface area contributed by atoms with Gasteiger partial charge < -0.3 is 20.4 Å². The van der Waals surface area contributed by atoms with Crippen molar-refractivity contribution in [2.45, 2.75) is 12.8 Å². The number of methoxy groups -OCH3 is 1. The van der Waals surface area contributed by atoms with Crippen LogP contribution in [0.15, 0.2) is 79.0 Å². The molecule has 0 spiro atoms. The summed E-state index contributed by atoms with van der Waals surface area (Å²) in [5.74, 6) is 0.338. The summed E-state index contributed by atoms with van der Waals surface area (Å²) in [7, 11) is 1.63. The minimum atomic E-state index is -0.261. The Hall–Kier alpha value is -3.81. The predicted molar refractivity (Wildman–Crippen MR) is 144 cm³/mol. The molecule has 0 aliphatic heterocycles. The molecule has 0 aliphatic rings. The van der Waals surface area contributed by atoms with Gasteiger partial charge in [-0.1, -0.05) is 41.9 Å². The van der Waals surface area contributed by atoms with Gasteiger partial charge in [0.2, 0.25) is 5.91 Å². The lowest BCUT2D eigenvalue weighted by Crippen LogP contribution is -2.43. The summed E-state index contributed by atoms with van der Waals surface area (Å²) in [5, 5.41) is 1.50. The number of nitrogens with zero attached hydrogens (tertiary/aromatic N) is 2. The van der Waals surface area contributed by atoms with E-state index >= 15 is 0 Å². The van der Waals surface area contributed by atoms with Gasteiger partial charge in [0.05, 0.1) is 17.8 Å². The second kappa shape index (κ2) is 11.7. The van der Waals surface area contributed by atoms with Crippen LogP contribution in [-0.2, 0) is 16.0 Å². The van der Waals surface area contributed by atoms with E-state index in [4.69, 9.17) is 22.1 Å². The smallest absolute Gasteiger partial charge is 0.251 e. The lowest BCUT2D eigenvalue weighted by molar-refractivity contribution is -0.134. The molecule has 0 unspecified atom stereocenters. The van der Waals surface area contributed by atoms with Crippen LogP contribution in [0.3, 0.4) is 0 Å². The van der Waals surface area contributed by atoms with Crippen molar-refractivity contribution in [3.8, 4) is 5.75 Å². The Balaban J connectivity index is 1.58. The number of carbonyl (C=O) groups excluding carboxylic acids is 2. The average Bonchev–Trinajstić information content (AvgIpc) is 3.30. The van der Waals surface area contributed by atoms with Crippen LogP contribution in [-0.4, -0.2) is 48.4 Å². The van der Waals surface area contributed by atoms with Crippen molar-refractivity contribution >= 4 is 45.7 Å². The van der Waals surface area contributed by atoms with Crippen LogP contribution in [0.2, 0.25) is 5.02 Å². The van der Waals surface area contributed by atoms with E-state index in [9.17, 15) is 9.59 Å². The SMILES string of the molecule is COc1ccc2c(CCN(CC(=O)N(c3ccccc3)c3ccccc3Cl)C(=O)CCN)c[nH]c2c1. The molecule has 3 N–H and O–H groups in total. The zero-order chi connectivity index (χ0) is 25.5. The number of H-pyrrole nitrogens is 1. The van der Waals surface area contributed by atoms with Crippen molar-refractivity contribution in [1.82, 2.24) is 9.88 Å². The molecule has 1 aromatic heterocycles. The molecular formula is C28H29ClN4O3. The molecule has 0 radical (unpaired) electrons. The number of ether oxygens (including phenoxy) is 1. The van der Waals surface area contributed by atoms with Crippen molar-refractivity contribution in [2.24, 2.45) is 5.73 Å². The fourth-order valence-electron chi connectivity index (χ4n) is 4.19. The van der Waals surface area contributed by atoms with E-state index in [0.717, 1.165) is 22.2 Å². The number of fused-ring (bicyclic) bond motifs is 1. The van der Waals surface area contributed by atoms with E-state index in [1.165, 1.54) is 0 Å². The summed E-state index contributed by atoms with van der Waals surface area (Å²) >= 11 is 6.46. The third-order valence-corrected chi connectivity index (χ3v) is 6.34. The van der Waals surface area contributed by atoms with E-state index in [2.05, 4.69) is 4.98 Å². The van der Waals surface area contributed by atoms with Crippen molar-refractivity contribution in [3.63, 3.8) is 0 Å². The van der Waals surface area contributed by atoms with Crippen LogP contribution in [0.25, 0.3) is 10.9 Å². The Bertz CT molecular complexity index is 1340. The molecule has 4 aromatic rings. The molecule has 186 valence electrons. The first-order chi connectivity index (χ1) is 17.5. The Morgan fingerprint density at radius 3 is 2.47 bits per heavy atom. The normalized spacial score (nSPS) is 10.9. The first-order valence-corrected chi connectivity index (χ1v) is 12.1. The fraction of sp³-hybridized carbons (Fsp3) is 0.214. The van der Waals surface area contributed by atoms with E-state index in [1.807, 2.05) is 66.9 Å². The van der Waals surface area contributed by atoms with E-state index < -0.39 is 0 Å². The van der Waals surface area contributed by atoms with Crippen LogP contribution in [0, 0.1) is 0 Å². The molecule has 0 aliphatic carbocycles. The number of aromatic nitrogens is 1. The van der Waals surface area contributed by atoms with Gasteiger partial charge in [-0.15, -0.1) is 0 Å². The molecule has 4 rings (SSSR count). The largest absolute Gasteiger partial charge is 0.497 e. The quantitative estimate of drug-likeness (QED) is 0.321. The monoisotopic (exact) mass is 504 g/mol. The minimum Gasteiger partial charge on any atom is -0.497 e. The number of carbonyl (C=O) groups is 2. The summed E-state index contributed by atoms with van der Waals surface area (Å²) < 4.78 is 5.30. The first-order valence-electron chi connectivity index (χ1n) is 11.8. The number of anilines is 2. The Morgan fingerprint density at radius 2 is 1.75 bits per heavy atom. The van der Waals surface area contributed by atoms with Crippen LogP contribution in [0.1, 0.15) is 12.0 Å². The van der Waals surface area contributed by atoms with Crippen LogP contribution >= 0.6 is 11.6 Å². The molecule has 3 aromatic carbocycles. The summed E-state index contributed by atoms with van der Waals surface area (Å²) in [6, 6.07) is 22.3. The third-order valence-electron chi connectivity index (χ3n) is 6.02. The Kier molecular flexibility index (Phi) is 8.25. The molecule has 0 bridgehead atoms. The lowest BCUT2D eigenvalue weighted by atomic mass is 10.1. The van der Waals surface area contributed by atoms with E-state index in [1.54, 1.807) is 29.0 Å². The van der Waals surface area contributed by atoms with Gasteiger partial charge in [-0.2, -0.15) is 0 Å². The van der Waals surface area contributed by atoms with Crippen LogP contribution in [0.5, 0.6) is 5.75 Å². The summed E-state index contributed by atoms with van der Waals surface area (Å²) in [5.41, 5.74) is 8.92. The molecule has 1 heterocycles. The molecule has 36 heavy (non-hydrogen) atoms. The van der Waals surface area contributed by atoms with Crippen LogP contribution in [0.4, 0.5) is 11.4 Å². The maximum absolute atomic E-state index is 13.7. The third kappa shape index (κ3) is 5.70. The van der Waals surface area contributed by atoms with Gasteiger partial charge in [-0.05, 0) is 48.4 Å². The number of hydrogen-bond donors (Lipinski definition) is 2. The minimum absolute atomic E-state index is 0.102. The molecular weight excluding hydrogens is 476 g/mol. The summed E-state index contributed by atoms with van der Waals surface area (Å²) in [6.07, 6.45) is 2.67. The number of rotatable bonds is 10. The Morgan fingerprint density at radius 1 is 1.00 bits per heavy atom. The highest BCUT2D eigenvalue weighted by molar-refractivity contribution is 6.34. The Labute approximate surface area is 215 Å².